The smallest absolute Gasteiger partial charge is 0.244 e. The van der Waals surface area contributed by atoms with Gasteiger partial charge in [0.2, 0.25) is 11.8 Å². The van der Waals surface area contributed by atoms with Crippen molar-refractivity contribution in [3.63, 3.8) is 0 Å². The zero-order valence-electron chi connectivity index (χ0n) is 11.9. The van der Waals surface area contributed by atoms with E-state index in [4.69, 9.17) is 0 Å². The van der Waals surface area contributed by atoms with E-state index in [9.17, 15) is 18.4 Å². The van der Waals surface area contributed by atoms with Crippen LogP contribution in [0.25, 0.3) is 0 Å². The highest BCUT2D eigenvalue weighted by atomic mass is 32.2. The van der Waals surface area contributed by atoms with Crippen LogP contribution in [-0.4, -0.2) is 24.1 Å². The molecule has 1 heterocycles. The van der Waals surface area contributed by atoms with Crippen LogP contribution in [0.4, 0.5) is 20.2 Å². The Kier molecular flexibility index (Phi) is 4.29. The van der Waals surface area contributed by atoms with Crippen molar-refractivity contribution < 1.29 is 18.4 Å². The molecule has 0 saturated carbocycles. The molecule has 0 saturated heterocycles. The number of para-hydroxylation sites is 1. The summed E-state index contributed by atoms with van der Waals surface area (Å²) in [6.07, 6.45) is 0. The van der Waals surface area contributed by atoms with Crippen molar-refractivity contribution in [2.24, 2.45) is 0 Å². The van der Waals surface area contributed by atoms with Crippen molar-refractivity contribution in [2.45, 2.75) is 4.90 Å². The zero-order chi connectivity index (χ0) is 16.4. The molecule has 1 aliphatic heterocycles. The highest BCUT2D eigenvalue weighted by molar-refractivity contribution is 8.00. The van der Waals surface area contributed by atoms with Gasteiger partial charge in [0.05, 0.1) is 17.1 Å². The van der Waals surface area contributed by atoms with Gasteiger partial charge in [-0.1, -0.05) is 12.1 Å². The third kappa shape index (κ3) is 3.34. The van der Waals surface area contributed by atoms with Gasteiger partial charge in [-0.2, -0.15) is 0 Å². The summed E-state index contributed by atoms with van der Waals surface area (Å²) in [6, 6.07) is 10.0. The molecule has 1 aliphatic rings. The van der Waals surface area contributed by atoms with E-state index in [-0.39, 0.29) is 23.9 Å². The van der Waals surface area contributed by atoms with Crippen LogP contribution in [-0.2, 0) is 9.59 Å². The predicted molar refractivity (Wildman–Crippen MR) is 84.5 cm³/mol. The average Bonchev–Trinajstić information content (AvgIpc) is 2.54. The van der Waals surface area contributed by atoms with E-state index in [0.717, 1.165) is 23.1 Å². The number of rotatable bonds is 3. The van der Waals surface area contributed by atoms with Crippen LogP contribution in [0.2, 0.25) is 0 Å². The fraction of sp³-hybridized carbons (Fsp3) is 0.125. The van der Waals surface area contributed by atoms with Gasteiger partial charge in [-0.25, -0.2) is 8.78 Å². The predicted octanol–water partition coefficient (Wildman–Crippen LogP) is 3.04. The van der Waals surface area contributed by atoms with Crippen molar-refractivity contribution in [3.8, 4) is 0 Å². The van der Waals surface area contributed by atoms with Crippen LogP contribution in [0.1, 0.15) is 0 Å². The number of carbonyl (C=O) groups is 2. The van der Waals surface area contributed by atoms with Gasteiger partial charge in [0.15, 0.2) is 0 Å². The van der Waals surface area contributed by atoms with Crippen LogP contribution < -0.4 is 10.2 Å². The molecule has 0 aromatic heterocycles. The summed E-state index contributed by atoms with van der Waals surface area (Å²) in [5.41, 5.74) is 0.394. The lowest BCUT2D eigenvalue weighted by Crippen LogP contribution is -2.41. The first-order valence-electron chi connectivity index (χ1n) is 6.81. The first kappa shape index (κ1) is 15.5. The summed E-state index contributed by atoms with van der Waals surface area (Å²) in [5, 5.41) is 2.30. The molecule has 4 nitrogen and oxygen atoms in total. The number of nitrogens with zero attached hydrogens (tertiary/aromatic N) is 1. The topological polar surface area (TPSA) is 49.4 Å². The standard InChI is InChI=1S/C16H12F2N2O2S/c17-10-5-6-11(18)12(7-10)19-15(21)8-20-13-3-1-2-4-14(13)23-9-16(20)22/h1-7H,8-9H2,(H,19,21). The Morgan fingerprint density at radius 1 is 1.22 bits per heavy atom. The lowest BCUT2D eigenvalue weighted by molar-refractivity contribution is -0.120. The van der Waals surface area contributed by atoms with Crippen LogP contribution in [0.3, 0.4) is 0 Å². The van der Waals surface area contributed by atoms with Crippen LogP contribution in [0.5, 0.6) is 0 Å². The molecule has 7 heteroatoms. The molecule has 0 bridgehead atoms. The van der Waals surface area contributed by atoms with Gasteiger partial charge in [-0.15, -0.1) is 11.8 Å². The number of hydrogen-bond donors (Lipinski definition) is 1. The highest BCUT2D eigenvalue weighted by Crippen LogP contribution is 2.34. The molecule has 0 atom stereocenters. The Balaban J connectivity index is 1.78. The Hall–Kier alpha value is -2.41. The molecule has 23 heavy (non-hydrogen) atoms. The Morgan fingerprint density at radius 2 is 2.00 bits per heavy atom. The molecule has 0 spiro atoms. The normalized spacial score (nSPS) is 13.7. The van der Waals surface area contributed by atoms with Gasteiger partial charge >= 0.3 is 0 Å². The molecule has 3 rings (SSSR count). The largest absolute Gasteiger partial charge is 0.322 e. The summed E-state index contributed by atoms with van der Waals surface area (Å²) in [5.74, 6) is -1.95. The highest BCUT2D eigenvalue weighted by Gasteiger charge is 2.26. The molecule has 0 radical (unpaired) electrons. The van der Waals surface area contributed by atoms with Gasteiger partial charge in [-0.3, -0.25) is 9.59 Å². The summed E-state index contributed by atoms with van der Waals surface area (Å²) in [7, 11) is 0. The fourth-order valence-corrected chi connectivity index (χ4v) is 3.19. The second-order valence-electron chi connectivity index (χ2n) is 4.91. The number of nitrogens with one attached hydrogen (secondary N) is 1. The van der Waals surface area contributed by atoms with E-state index in [1.165, 1.54) is 16.7 Å². The number of amides is 2. The first-order valence-corrected chi connectivity index (χ1v) is 7.80. The lowest BCUT2D eigenvalue weighted by atomic mass is 10.2. The Labute approximate surface area is 135 Å². The van der Waals surface area contributed by atoms with Crippen LogP contribution in [0.15, 0.2) is 47.4 Å². The monoisotopic (exact) mass is 334 g/mol. The van der Waals surface area contributed by atoms with Crippen LogP contribution >= 0.6 is 11.8 Å². The van der Waals surface area contributed by atoms with Crippen molar-refractivity contribution in [1.29, 1.82) is 0 Å². The fourth-order valence-electron chi connectivity index (χ4n) is 2.25. The molecule has 118 valence electrons. The summed E-state index contributed by atoms with van der Waals surface area (Å²) in [6.45, 7) is -0.258. The molecule has 1 N–H and O–H groups in total. The number of hydrogen-bond acceptors (Lipinski definition) is 3. The maximum Gasteiger partial charge on any atom is 0.244 e. The molecule has 2 aromatic carbocycles. The maximum absolute atomic E-state index is 13.6. The second-order valence-corrected chi connectivity index (χ2v) is 5.93. The molecular formula is C16H12F2N2O2S. The number of fused-ring (bicyclic) bond motifs is 1. The molecule has 2 amide bonds. The second kappa shape index (κ2) is 6.37. The van der Waals surface area contributed by atoms with E-state index in [0.29, 0.717) is 5.69 Å². The SMILES string of the molecule is O=C(CN1C(=O)CSc2ccccc21)Nc1cc(F)ccc1F. The third-order valence-corrected chi connectivity index (χ3v) is 4.36. The summed E-state index contributed by atoms with van der Waals surface area (Å²) >= 11 is 1.40. The molecule has 0 fully saturated rings. The van der Waals surface area contributed by atoms with E-state index >= 15 is 0 Å². The maximum atomic E-state index is 13.6. The lowest BCUT2D eigenvalue weighted by Gasteiger charge is -2.28. The number of halogens is 2. The van der Waals surface area contributed by atoms with E-state index in [2.05, 4.69) is 5.32 Å². The summed E-state index contributed by atoms with van der Waals surface area (Å²) in [4.78, 5) is 26.4. The minimum Gasteiger partial charge on any atom is -0.322 e. The van der Waals surface area contributed by atoms with Gasteiger partial charge in [0.25, 0.3) is 0 Å². The van der Waals surface area contributed by atoms with Crippen molar-refractivity contribution in [2.75, 3.05) is 22.5 Å². The molecule has 0 aliphatic carbocycles. The third-order valence-electron chi connectivity index (χ3n) is 3.31. The van der Waals surface area contributed by atoms with E-state index in [1.807, 2.05) is 12.1 Å². The van der Waals surface area contributed by atoms with E-state index in [1.54, 1.807) is 12.1 Å². The first-order chi connectivity index (χ1) is 11.0. The van der Waals surface area contributed by atoms with Gasteiger partial charge < -0.3 is 10.2 Å². The number of thioether (sulfide) groups is 1. The number of carbonyl (C=O) groups excluding carboxylic acids is 2. The zero-order valence-corrected chi connectivity index (χ0v) is 12.7. The minimum absolute atomic E-state index is 0.205. The Morgan fingerprint density at radius 3 is 2.83 bits per heavy atom. The number of benzene rings is 2. The summed E-state index contributed by atoms with van der Waals surface area (Å²) < 4.78 is 26.7. The van der Waals surface area contributed by atoms with E-state index < -0.39 is 17.5 Å². The molecular weight excluding hydrogens is 322 g/mol. The number of anilines is 2. The van der Waals surface area contributed by atoms with Crippen LogP contribution in [0, 0.1) is 11.6 Å². The van der Waals surface area contributed by atoms with Gasteiger partial charge in [0.1, 0.15) is 18.2 Å². The van der Waals surface area contributed by atoms with Gasteiger partial charge in [0, 0.05) is 11.0 Å². The Bertz CT molecular complexity index is 782. The van der Waals surface area contributed by atoms with Crippen molar-refractivity contribution >= 4 is 35.0 Å². The minimum atomic E-state index is -0.735. The van der Waals surface area contributed by atoms with Gasteiger partial charge in [-0.05, 0) is 24.3 Å². The average molecular weight is 334 g/mol. The van der Waals surface area contributed by atoms with Crippen molar-refractivity contribution in [3.05, 3.63) is 54.1 Å². The molecule has 0 unspecified atom stereocenters. The quantitative estimate of drug-likeness (QED) is 0.939. The van der Waals surface area contributed by atoms with Crippen molar-refractivity contribution in [1.82, 2.24) is 0 Å². The molecule has 2 aromatic rings.